The number of furan rings is 2. The molecule has 11 nitrogen and oxygen atoms in total. The van der Waals surface area contributed by atoms with Crippen LogP contribution in [0.25, 0.3) is 0 Å². The summed E-state index contributed by atoms with van der Waals surface area (Å²) in [7, 11) is 0. The molecule has 0 aromatic carbocycles. The first-order chi connectivity index (χ1) is 13.4. The van der Waals surface area contributed by atoms with E-state index in [1.165, 1.54) is 17.6 Å². The number of aromatic nitrogens is 2. The summed E-state index contributed by atoms with van der Waals surface area (Å²) in [4.78, 5) is 36.9. The second-order valence-corrected chi connectivity index (χ2v) is 6.55. The van der Waals surface area contributed by atoms with E-state index in [0.717, 1.165) is 22.3 Å². The van der Waals surface area contributed by atoms with E-state index in [1.54, 1.807) is 13.0 Å². The number of hydrogen-bond acceptors (Lipinski definition) is 10. The average molecular weight is 402 g/mol. The third-order valence-electron chi connectivity index (χ3n) is 4.03. The molecule has 0 saturated heterocycles. The highest BCUT2D eigenvalue weighted by Crippen LogP contribution is 2.43. The predicted molar refractivity (Wildman–Crippen MR) is 92.9 cm³/mol. The van der Waals surface area contributed by atoms with Crippen molar-refractivity contribution in [2.24, 2.45) is 0 Å². The number of aliphatic hydroxyl groups is 1. The van der Waals surface area contributed by atoms with Gasteiger partial charge in [-0.05, 0) is 25.1 Å². The Hall–Kier alpha value is -3.80. The van der Waals surface area contributed by atoms with E-state index in [9.17, 15) is 24.8 Å². The summed E-state index contributed by atoms with van der Waals surface area (Å²) in [6.07, 6.45) is 0. The Morgan fingerprint density at radius 2 is 2.11 bits per heavy atom. The van der Waals surface area contributed by atoms with Crippen molar-refractivity contribution in [1.82, 2.24) is 10.2 Å². The lowest BCUT2D eigenvalue weighted by atomic mass is 10.00. The van der Waals surface area contributed by atoms with E-state index in [0.29, 0.717) is 5.76 Å². The first-order valence-corrected chi connectivity index (χ1v) is 8.64. The summed E-state index contributed by atoms with van der Waals surface area (Å²) in [5.74, 6) is -2.80. The molecule has 3 aromatic heterocycles. The number of nitro groups is 1. The zero-order valence-corrected chi connectivity index (χ0v) is 14.9. The van der Waals surface area contributed by atoms with Crippen LogP contribution in [0.3, 0.4) is 0 Å². The first kappa shape index (κ1) is 17.6. The summed E-state index contributed by atoms with van der Waals surface area (Å²) in [6.45, 7) is 1.63. The van der Waals surface area contributed by atoms with Gasteiger partial charge in [0.1, 0.15) is 28.0 Å². The fourth-order valence-electron chi connectivity index (χ4n) is 2.85. The van der Waals surface area contributed by atoms with Gasteiger partial charge < -0.3 is 13.9 Å². The third kappa shape index (κ3) is 2.66. The summed E-state index contributed by atoms with van der Waals surface area (Å²) in [5.41, 5.74) is 1.02. The lowest BCUT2D eigenvalue weighted by molar-refractivity contribution is -0.402. The SMILES string of the molecule is Cc1ccc(C(=O)C2=C(O)C(=O)N(c3nncs3)C2c2ccc([N+](=O)[O-])o2)o1. The van der Waals surface area contributed by atoms with Crippen LogP contribution in [0.15, 0.2) is 49.9 Å². The topological polar surface area (TPSA) is 153 Å². The number of rotatable bonds is 5. The maximum absolute atomic E-state index is 13.0. The van der Waals surface area contributed by atoms with Crippen LogP contribution < -0.4 is 4.90 Å². The number of anilines is 1. The minimum atomic E-state index is -1.27. The van der Waals surface area contributed by atoms with Crippen molar-refractivity contribution < 1.29 is 28.5 Å². The summed E-state index contributed by atoms with van der Waals surface area (Å²) in [5, 5.41) is 28.9. The molecule has 1 atom stereocenters. The normalized spacial score (nSPS) is 16.8. The zero-order valence-electron chi connectivity index (χ0n) is 14.1. The molecule has 1 N–H and O–H groups in total. The average Bonchev–Trinajstić information content (AvgIpc) is 3.42. The monoisotopic (exact) mass is 402 g/mol. The second kappa shape index (κ2) is 6.42. The fourth-order valence-corrected chi connectivity index (χ4v) is 3.44. The molecule has 4 heterocycles. The van der Waals surface area contributed by atoms with Crippen molar-refractivity contribution in [3.8, 4) is 0 Å². The molecule has 12 heteroatoms. The van der Waals surface area contributed by atoms with Gasteiger partial charge in [-0.1, -0.05) is 11.3 Å². The minimum Gasteiger partial charge on any atom is -0.503 e. The maximum Gasteiger partial charge on any atom is 0.433 e. The lowest BCUT2D eigenvalue weighted by Gasteiger charge is -2.21. The molecule has 0 saturated carbocycles. The number of ketones is 1. The number of aliphatic hydroxyl groups excluding tert-OH is 1. The molecule has 0 bridgehead atoms. The van der Waals surface area contributed by atoms with Gasteiger partial charge in [0, 0.05) is 0 Å². The van der Waals surface area contributed by atoms with Crippen LogP contribution in [-0.4, -0.2) is 31.9 Å². The second-order valence-electron chi connectivity index (χ2n) is 5.73. The molecule has 0 aliphatic carbocycles. The molecule has 4 rings (SSSR count). The molecule has 1 unspecified atom stereocenters. The van der Waals surface area contributed by atoms with E-state index >= 15 is 0 Å². The molecule has 3 aromatic rings. The Morgan fingerprint density at radius 1 is 1.32 bits per heavy atom. The molecule has 0 fully saturated rings. The van der Waals surface area contributed by atoms with E-state index in [1.807, 2.05) is 0 Å². The molecular weight excluding hydrogens is 392 g/mol. The van der Waals surface area contributed by atoms with Gasteiger partial charge in [0.15, 0.2) is 11.5 Å². The number of aryl methyl sites for hydroxylation is 1. The van der Waals surface area contributed by atoms with E-state index < -0.39 is 34.3 Å². The number of Topliss-reactive ketones (excluding diaryl/α,β-unsaturated/α-hetero) is 1. The van der Waals surface area contributed by atoms with E-state index in [-0.39, 0.29) is 22.2 Å². The molecule has 28 heavy (non-hydrogen) atoms. The van der Waals surface area contributed by atoms with Gasteiger partial charge in [-0.25, -0.2) is 0 Å². The summed E-state index contributed by atoms with van der Waals surface area (Å²) < 4.78 is 10.5. The van der Waals surface area contributed by atoms with Gasteiger partial charge in [0.25, 0.3) is 5.91 Å². The van der Waals surface area contributed by atoms with Gasteiger partial charge in [-0.3, -0.25) is 24.6 Å². The van der Waals surface area contributed by atoms with Gasteiger partial charge in [0.2, 0.25) is 10.9 Å². The Bertz CT molecular complexity index is 1130. The number of carbonyl (C=O) groups excluding carboxylic acids is 2. The van der Waals surface area contributed by atoms with Crippen molar-refractivity contribution >= 4 is 34.0 Å². The van der Waals surface area contributed by atoms with Crippen LogP contribution >= 0.6 is 11.3 Å². The fraction of sp³-hybridized carbons (Fsp3) is 0.125. The van der Waals surface area contributed by atoms with Crippen LogP contribution in [0.4, 0.5) is 11.0 Å². The molecule has 0 radical (unpaired) electrons. The quantitative estimate of drug-likeness (QED) is 0.385. The molecular formula is C16H10N4O7S. The van der Waals surface area contributed by atoms with Crippen molar-refractivity contribution in [2.75, 3.05) is 4.90 Å². The van der Waals surface area contributed by atoms with Crippen LogP contribution in [0, 0.1) is 17.0 Å². The van der Waals surface area contributed by atoms with Crippen molar-refractivity contribution in [3.63, 3.8) is 0 Å². The Morgan fingerprint density at radius 3 is 2.68 bits per heavy atom. The Labute approximate surface area is 159 Å². The minimum absolute atomic E-state index is 0.0824. The third-order valence-corrected chi connectivity index (χ3v) is 4.72. The van der Waals surface area contributed by atoms with Crippen LogP contribution in [-0.2, 0) is 4.79 Å². The van der Waals surface area contributed by atoms with Crippen LogP contribution in [0.1, 0.15) is 28.1 Å². The number of hydrogen-bond donors (Lipinski definition) is 1. The highest BCUT2D eigenvalue weighted by molar-refractivity contribution is 7.13. The lowest BCUT2D eigenvalue weighted by Crippen LogP contribution is -2.30. The van der Waals surface area contributed by atoms with Crippen molar-refractivity contribution in [1.29, 1.82) is 0 Å². The zero-order chi connectivity index (χ0) is 20.0. The molecule has 1 aliphatic heterocycles. The van der Waals surface area contributed by atoms with E-state index in [4.69, 9.17) is 8.83 Å². The standard InChI is InChI=1S/C16H10N4O7S/c1-7-2-3-9(26-7)13(21)11-12(8-4-5-10(27-8)20(24)25)19(15(23)14(11)22)16-18-17-6-28-16/h2-6,12,22H,1H3. The van der Waals surface area contributed by atoms with Crippen molar-refractivity contribution in [3.05, 3.63) is 68.5 Å². The first-order valence-electron chi connectivity index (χ1n) is 7.76. The van der Waals surface area contributed by atoms with Gasteiger partial charge in [-0.2, -0.15) is 0 Å². The number of amides is 1. The Balaban J connectivity index is 1.86. The largest absolute Gasteiger partial charge is 0.503 e. The predicted octanol–water partition coefficient (Wildman–Crippen LogP) is 2.72. The molecule has 1 amide bonds. The maximum atomic E-state index is 13.0. The van der Waals surface area contributed by atoms with Gasteiger partial charge >= 0.3 is 5.88 Å². The van der Waals surface area contributed by atoms with Crippen LogP contribution in [0.2, 0.25) is 0 Å². The molecule has 142 valence electrons. The summed E-state index contributed by atoms with van der Waals surface area (Å²) in [6, 6.07) is 4.02. The molecule has 0 spiro atoms. The highest BCUT2D eigenvalue weighted by Gasteiger charge is 2.48. The number of nitrogens with zero attached hydrogens (tertiary/aromatic N) is 4. The smallest absolute Gasteiger partial charge is 0.433 e. The number of carbonyl (C=O) groups is 2. The van der Waals surface area contributed by atoms with Crippen LogP contribution in [0.5, 0.6) is 0 Å². The van der Waals surface area contributed by atoms with E-state index in [2.05, 4.69) is 10.2 Å². The van der Waals surface area contributed by atoms with Gasteiger partial charge in [0.05, 0.1) is 11.6 Å². The Kier molecular flexibility index (Phi) is 4.04. The van der Waals surface area contributed by atoms with Crippen molar-refractivity contribution in [2.45, 2.75) is 13.0 Å². The molecule has 1 aliphatic rings. The highest BCUT2D eigenvalue weighted by atomic mass is 32.1. The summed E-state index contributed by atoms with van der Waals surface area (Å²) >= 11 is 0.986. The van der Waals surface area contributed by atoms with Gasteiger partial charge in [-0.15, -0.1) is 10.2 Å².